The van der Waals surface area contributed by atoms with Gasteiger partial charge in [-0.15, -0.1) is 0 Å². The fourth-order valence-corrected chi connectivity index (χ4v) is 8.94. The van der Waals surface area contributed by atoms with Gasteiger partial charge in [-0.05, 0) is 86.9 Å². The smallest absolute Gasteiger partial charge is 0.302 e. The van der Waals surface area contributed by atoms with Crippen LogP contribution in [0.1, 0.15) is 92.9 Å². The van der Waals surface area contributed by atoms with Crippen molar-refractivity contribution in [3.05, 3.63) is 0 Å². The highest BCUT2D eigenvalue weighted by Gasteiger charge is 2.66. The molecule has 1 N–H and O–H groups in total. The van der Waals surface area contributed by atoms with Crippen molar-refractivity contribution in [3.8, 4) is 0 Å². The first-order valence-electron chi connectivity index (χ1n) is 12.5. The van der Waals surface area contributed by atoms with Gasteiger partial charge < -0.3 is 14.7 Å². The molecule has 0 radical (unpaired) electrons. The highest BCUT2D eigenvalue weighted by molar-refractivity contribution is 5.91. The number of nitrogens with zero attached hydrogens (tertiary/aromatic N) is 1. The van der Waals surface area contributed by atoms with E-state index in [0.717, 1.165) is 57.1 Å². The molecule has 32 heavy (non-hydrogen) atoms. The van der Waals surface area contributed by atoms with Gasteiger partial charge in [0.15, 0.2) is 0 Å². The summed E-state index contributed by atoms with van der Waals surface area (Å²) in [5, 5.41) is 14.1. The first kappa shape index (κ1) is 23.6. The number of hydrogen-bond donors (Lipinski definition) is 1. The van der Waals surface area contributed by atoms with Crippen molar-refractivity contribution >= 4 is 17.7 Å². The Labute approximate surface area is 192 Å². The lowest BCUT2D eigenvalue weighted by molar-refractivity contribution is -0.174. The number of carbonyl (C=O) groups excluding carboxylic acids is 2. The van der Waals surface area contributed by atoms with Crippen LogP contribution in [0.25, 0.3) is 0 Å². The second-order valence-electron chi connectivity index (χ2n) is 11.9. The molecule has 0 aromatic heterocycles. The van der Waals surface area contributed by atoms with Crippen molar-refractivity contribution in [1.82, 2.24) is 0 Å². The number of rotatable bonds is 3. The summed E-state index contributed by atoms with van der Waals surface area (Å²) in [5.74, 6) is 1.26. The molecule has 0 spiro atoms. The summed E-state index contributed by atoms with van der Waals surface area (Å²) < 4.78 is 11.3. The molecule has 4 rings (SSSR count). The SMILES string of the molecule is CC(=O)O[C@H]1CC[C@]2(C)[C@H]3C/C(=N\O)[C@]4(C)[C@@H]([C@@H](C)OC(C)=O)CC[C@H]4[C@@H]3CC[C@@]2(C)C1. The topological polar surface area (TPSA) is 85.2 Å². The number of esters is 2. The number of ether oxygens (including phenoxy) is 2. The monoisotopic (exact) mass is 447 g/mol. The molecule has 0 heterocycles. The molecule has 9 atom stereocenters. The zero-order chi connectivity index (χ0) is 23.5. The minimum Gasteiger partial charge on any atom is -0.463 e. The lowest BCUT2D eigenvalue weighted by Crippen LogP contribution is -2.61. The second kappa shape index (κ2) is 8.02. The van der Waals surface area contributed by atoms with Crippen molar-refractivity contribution in [2.75, 3.05) is 0 Å². The number of fused-ring (bicyclic) bond motifs is 5. The quantitative estimate of drug-likeness (QED) is 0.358. The second-order valence-corrected chi connectivity index (χ2v) is 11.9. The molecule has 0 aliphatic heterocycles. The van der Waals surface area contributed by atoms with Crippen molar-refractivity contribution < 1.29 is 24.3 Å². The van der Waals surface area contributed by atoms with Crippen LogP contribution < -0.4 is 0 Å². The molecule has 6 nitrogen and oxygen atoms in total. The molecule has 4 fully saturated rings. The van der Waals surface area contributed by atoms with Crippen LogP contribution in [0.15, 0.2) is 5.16 Å². The van der Waals surface area contributed by atoms with Crippen molar-refractivity contribution in [3.63, 3.8) is 0 Å². The first-order valence-corrected chi connectivity index (χ1v) is 12.5. The minimum absolute atomic E-state index is 0.0161. The molecule has 4 saturated carbocycles. The maximum Gasteiger partial charge on any atom is 0.302 e. The van der Waals surface area contributed by atoms with E-state index in [1.165, 1.54) is 13.8 Å². The average molecular weight is 448 g/mol. The predicted molar refractivity (Wildman–Crippen MR) is 121 cm³/mol. The Bertz CT molecular complexity index is 810. The third kappa shape index (κ3) is 3.38. The van der Waals surface area contributed by atoms with Gasteiger partial charge in [0.1, 0.15) is 12.2 Å². The largest absolute Gasteiger partial charge is 0.463 e. The maximum atomic E-state index is 11.6. The van der Waals surface area contributed by atoms with Gasteiger partial charge in [0.2, 0.25) is 0 Å². The minimum atomic E-state index is -0.244. The van der Waals surface area contributed by atoms with Crippen LogP contribution in [-0.2, 0) is 19.1 Å². The van der Waals surface area contributed by atoms with Crippen LogP contribution in [0.3, 0.4) is 0 Å². The molecule has 6 heteroatoms. The average Bonchev–Trinajstić information content (AvgIpc) is 3.05. The molecule has 0 saturated heterocycles. The van der Waals surface area contributed by atoms with Gasteiger partial charge in [0.25, 0.3) is 0 Å². The van der Waals surface area contributed by atoms with Crippen LogP contribution in [0.2, 0.25) is 0 Å². The zero-order valence-corrected chi connectivity index (χ0v) is 20.6. The molecule has 4 aliphatic rings. The van der Waals surface area contributed by atoms with Gasteiger partial charge in [-0.1, -0.05) is 25.9 Å². The lowest BCUT2D eigenvalue weighted by atomic mass is 9.40. The summed E-state index contributed by atoms with van der Waals surface area (Å²) in [7, 11) is 0. The Morgan fingerprint density at radius 3 is 2.38 bits per heavy atom. The molecular weight excluding hydrogens is 406 g/mol. The Morgan fingerprint density at radius 2 is 1.75 bits per heavy atom. The normalized spacial score (nSPS) is 47.7. The third-order valence-electron chi connectivity index (χ3n) is 10.7. The van der Waals surface area contributed by atoms with Gasteiger partial charge in [0, 0.05) is 25.2 Å². The first-order chi connectivity index (χ1) is 15.0. The number of hydrogen-bond acceptors (Lipinski definition) is 6. The van der Waals surface area contributed by atoms with E-state index >= 15 is 0 Å². The van der Waals surface area contributed by atoms with E-state index in [1.54, 1.807) is 0 Å². The van der Waals surface area contributed by atoms with E-state index in [2.05, 4.69) is 25.9 Å². The summed E-state index contributed by atoms with van der Waals surface area (Å²) in [6.45, 7) is 12.1. The van der Waals surface area contributed by atoms with E-state index in [-0.39, 0.29) is 46.3 Å². The molecule has 0 amide bonds. The fourth-order valence-electron chi connectivity index (χ4n) is 8.94. The van der Waals surface area contributed by atoms with Crippen molar-refractivity contribution in [1.29, 1.82) is 0 Å². The zero-order valence-electron chi connectivity index (χ0n) is 20.6. The highest BCUT2D eigenvalue weighted by Crippen LogP contribution is 2.70. The Balaban J connectivity index is 1.64. The Morgan fingerprint density at radius 1 is 1.03 bits per heavy atom. The molecular formula is C26H41NO5. The standard InChI is InChI=1S/C26H41NO5/c1-15(31-16(2)28)20-7-8-21-19-10-11-24(4)14-18(32-17(3)29)9-12-25(24,5)22(19)13-23(27-30)26(20,21)6/h15,18-22,30H,7-14H2,1-6H3/b27-23+/t15-,18+,19+,20-,21+,22+,24+,25-,26-/m1/s1. The fraction of sp³-hybridized carbons (Fsp3) is 0.885. The molecule has 0 unspecified atom stereocenters. The third-order valence-corrected chi connectivity index (χ3v) is 10.7. The summed E-state index contributed by atoms with van der Waals surface area (Å²) in [6, 6.07) is 0. The molecule has 4 aliphatic carbocycles. The van der Waals surface area contributed by atoms with E-state index in [9.17, 15) is 14.8 Å². The predicted octanol–water partition coefficient (Wildman–Crippen LogP) is 5.36. The lowest BCUT2D eigenvalue weighted by Gasteiger charge is -2.65. The van der Waals surface area contributed by atoms with Gasteiger partial charge in [-0.3, -0.25) is 9.59 Å². The van der Waals surface area contributed by atoms with Crippen LogP contribution in [0.5, 0.6) is 0 Å². The van der Waals surface area contributed by atoms with Gasteiger partial charge in [-0.25, -0.2) is 0 Å². The molecule has 0 aromatic rings. The summed E-state index contributed by atoms with van der Waals surface area (Å²) in [6.07, 6.45) is 7.92. The van der Waals surface area contributed by atoms with E-state index in [4.69, 9.17) is 9.47 Å². The van der Waals surface area contributed by atoms with Crippen LogP contribution in [-0.4, -0.2) is 35.1 Å². The van der Waals surface area contributed by atoms with Crippen LogP contribution in [0, 0.1) is 39.9 Å². The molecule has 180 valence electrons. The molecule has 0 bridgehead atoms. The van der Waals surface area contributed by atoms with E-state index in [1.807, 2.05) is 6.92 Å². The number of carbonyl (C=O) groups is 2. The summed E-state index contributed by atoms with van der Waals surface area (Å²) in [4.78, 5) is 23.2. The number of oxime groups is 1. The van der Waals surface area contributed by atoms with E-state index < -0.39 is 0 Å². The van der Waals surface area contributed by atoms with Crippen LogP contribution >= 0.6 is 0 Å². The van der Waals surface area contributed by atoms with Gasteiger partial charge in [-0.2, -0.15) is 0 Å². The van der Waals surface area contributed by atoms with Gasteiger partial charge in [0.05, 0.1) is 5.71 Å². The summed E-state index contributed by atoms with van der Waals surface area (Å²) >= 11 is 0. The van der Waals surface area contributed by atoms with Gasteiger partial charge >= 0.3 is 11.9 Å². The highest BCUT2D eigenvalue weighted by atomic mass is 16.5. The Hall–Kier alpha value is -1.59. The Kier molecular flexibility index (Phi) is 5.90. The van der Waals surface area contributed by atoms with E-state index in [0.29, 0.717) is 17.8 Å². The van der Waals surface area contributed by atoms with Crippen molar-refractivity contribution in [2.45, 2.75) is 105 Å². The van der Waals surface area contributed by atoms with Crippen LogP contribution in [0.4, 0.5) is 0 Å². The van der Waals surface area contributed by atoms with Crippen molar-refractivity contribution in [2.24, 2.45) is 45.1 Å². The maximum absolute atomic E-state index is 11.6. The molecule has 0 aromatic carbocycles. The summed E-state index contributed by atoms with van der Waals surface area (Å²) in [5.41, 5.74) is 0.912.